The molecule has 0 spiro atoms. The van der Waals surface area contributed by atoms with Gasteiger partial charge in [-0.15, -0.1) is 0 Å². The van der Waals surface area contributed by atoms with E-state index in [9.17, 15) is 4.79 Å². The molecule has 0 heterocycles. The normalized spacial score (nSPS) is 11.0. The second-order valence-corrected chi connectivity index (χ2v) is 5.53. The van der Waals surface area contributed by atoms with Gasteiger partial charge in [0.05, 0.1) is 6.54 Å². The lowest BCUT2D eigenvalue weighted by Gasteiger charge is -2.12. The van der Waals surface area contributed by atoms with Gasteiger partial charge < -0.3 is 0 Å². The third-order valence-electron chi connectivity index (χ3n) is 2.56. The van der Waals surface area contributed by atoms with Crippen LogP contribution in [0.15, 0.2) is 42.5 Å². The predicted octanol–water partition coefficient (Wildman–Crippen LogP) is 3.58. The molecule has 0 saturated carbocycles. The van der Waals surface area contributed by atoms with E-state index in [-0.39, 0.29) is 5.78 Å². The van der Waals surface area contributed by atoms with Crippen LogP contribution < -0.4 is 0 Å². The number of carbonyl (C=O) groups excluding carboxylic acids is 1. The van der Waals surface area contributed by atoms with Gasteiger partial charge in [-0.3, -0.25) is 4.79 Å². The molecule has 2 aromatic rings. The van der Waals surface area contributed by atoms with Crippen LogP contribution in [0.1, 0.15) is 12.5 Å². The van der Waals surface area contributed by atoms with Crippen LogP contribution in [0, 0.1) is 0 Å². The number of rotatable bonds is 4. The minimum atomic E-state index is 0.195. The van der Waals surface area contributed by atoms with E-state index >= 15 is 0 Å². The quantitative estimate of drug-likeness (QED) is 0.627. The first-order valence-electron chi connectivity index (χ1n) is 5.53. The zero-order chi connectivity index (χ0) is 12.3. The Hall–Kier alpha value is -0.940. The Morgan fingerprint density at radius 1 is 1.18 bits per heavy atom. The summed E-state index contributed by atoms with van der Waals surface area (Å²) in [6.07, 6.45) is 0. The van der Waals surface area contributed by atoms with Gasteiger partial charge in [0, 0.05) is 29.4 Å². The summed E-state index contributed by atoms with van der Waals surface area (Å²) >= 11 is 2.20. The molecule has 0 aliphatic rings. The van der Waals surface area contributed by atoms with Crippen molar-refractivity contribution in [2.24, 2.45) is 0 Å². The molecule has 0 unspecified atom stereocenters. The lowest BCUT2D eigenvalue weighted by Crippen LogP contribution is -2.18. The lowest BCUT2D eigenvalue weighted by atomic mass is 10.1. The van der Waals surface area contributed by atoms with Crippen molar-refractivity contribution in [1.82, 2.24) is 3.11 Å². The maximum atomic E-state index is 11.0. The Bertz CT molecular complexity index is 538. The first kappa shape index (κ1) is 12.5. The van der Waals surface area contributed by atoms with Gasteiger partial charge >= 0.3 is 0 Å². The zero-order valence-corrected chi connectivity index (χ0v) is 11.8. The van der Waals surface area contributed by atoms with Crippen molar-refractivity contribution in [1.29, 1.82) is 0 Å². The Morgan fingerprint density at radius 2 is 1.88 bits per heavy atom. The molecule has 0 saturated heterocycles. The molecule has 2 nitrogen and oxygen atoms in total. The van der Waals surface area contributed by atoms with Crippen molar-refractivity contribution in [3.8, 4) is 0 Å². The largest absolute Gasteiger partial charge is 0.299 e. The first-order chi connectivity index (χ1) is 8.15. The van der Waals surface area contributed by atoms with Gasteiger partial charge in [-0.25, -0.2) is 3.11 Å². The van der Waals surface area contributed by atoms with Crippen LogP contribution in [-0.4, -0.2) is 15.4 Å². The second kappa shape index (κ2) is 5.60. The maximum Gasteiger partial charge on any atom is 0.144 e. The van der Waals surface area contributed by atoms with Crippen molar-refractivity contribution >= 4 is 39.4 Å². The number of carbonyl (C=O) groups is 1. The predicted molar refractivity (Wildman–Crippen MR) is 79.1 cm³/mol. The standard InChI is InChI=1S/C14H14INO/c1-11(17)9-16(15)10-12-6-7-13-4-2-3-5-14(13)8-12/h2-8H,9-10H2,1H3. The van der Waals surface area contributed by atoms with Crippen molar-refractivity contribution in [3.05, 3.63) is 48.0 Å². The molecular weight excluding hydrogens is 325 g/mol. The molecule has 3 heteroatoms. The molecule has 0 N–H and O–H groups in total. The van der Waals surface area contributed by atoms with E-state index in [1.807, 2.05) is 15.2 Å². The molecule has 88 valence electrons. The van der Waals surface area contributed by atoms with Gasteiger partial charge in [0.25, 0.3) is 0 Å². The van der Waals surface area contributed by atoms with Gasteiger partial charge in [-0.05, 0) is 29.3 Å². The summed E-state index contributed by atoms with van der Waals surface area (Å²) in [4.78, 5) is 11.0. The van der Waals surface area contributed by atoms with E-state index in [1.54, 1.807) is 6.92 Å². The van der Waals surface area contributed by atoms with Crippen molar-refractivity contribution in [2.45, 2.75) is 13.5 Å². The summed E-state index contributed by atoms with van der Waals surface area (Å²) in [5, 5.41) is 2.50. The summed E-state index contributed by atoms with van der Waals surface area (Å²) in [5.74, 6) is 0.195. The van der Waals surface area contributed by atoms with Crippen LogP contribution in [0.3, 0.4) is 0 Å². The van der Waals surface area contributed by atoms with E-state index in [1.165, 1.54) is 16.3 Å². The summed E-state index contributed by atoms with van der Waals surface area (Å²) in [6, 6.07) is 14.7. The zero-order valence-electron chi connectivity index (χ0n) is 9.69. The van der Waals surface area contributed by atoms with Crippen molar-refractivity contribution in [3.63, 3.8) is 0 Å². The van der Waals surface area contributed by atoms with Crippen LogP contribution in [0.4, 0.5) is 0 Å². The van der Waals surface area contributed by atoms with Crippen LogP contribution in [0.2, 0.25) is 0 Å². The Kier molecular flexibility index (Phi) is 4.12. The Labute approximate surface area is 115 Å². The van der Waals surface area contributed by atoms with E-state index in [2.05, 4.69) is 53.2 Å². The summed E-state index contributed by atoms with van der Waals surface area (Å²) < 4.78 is 2.00. The fraction of sp³-hybridized carbons (Fsp3) is 0.214. The molecule has 2 aromatic carbocycles. The highest BCUT2D eigenvalue weighted by Crippen LogP contribution is 2.17. The molecular formula is C14H14INO. The van der Waals surface area contributed by atoms with Crippen LogP contribution in [0.5, 0.6) is 0 Å². The van der Waals surface area contributed by atoms with E-state index in [4.69, 9.17) is 0 Å². The summed E-state index contributed by atoms with van der Waals surface area (Å²) in [5.41, 5.74) is 1.24. The average molecular weight is 339 g/mol. The topological polar surface area (TPSA) is 20.3 Å². The number of Topliss-reactive ketones (excluding diaryl/α,β-unsaturated/α-hetero) is 1. The molecule has 0 bridgehead atoms. The molecule has 2 rings (SSSR count). The molecule has 0 atom stereocenters. The molecule has 0 amide bonds. The minimum Gasteiger partial charge on any atom is -0.299 e. The highest BCUT2D eigenvalue weighted by atomic mass is 127. The molecule has 0 radical (unpaired) electrons. The number of benzene rings is 2. The molecule has 0 fully saturated rings. The Balaban J connectivity index is 2.16. The van der Waals surface area contributed by atoms with Gasteiger partial charge in [0.2, 0.25) is 0 Å². The van der Waals surface area contributed by atoms with Crippen LogP contribution in [0.25, 0.3) is 10.8 Å². The average Bonchev–Trinajstić information content (AvgIpc) is 2.27. The lowest BCUT2D eigenvalue weighted by molar-refractivity contribution is -0.117. The van der Waals surface area contributed by atoms with Crippen LogP contribution in [-0.2, 0) is 11.3 Å². The number of hydrogen-bond acceptors (Lipinski definition) is 2. The minimum absolute atomic E-state index is 0.195. The number of hydrogen-bond donors (Lipinski definition) is 0. The molecule has 0 aliphatic heterocycles. The molecule has 17 heavy (non-hydrogen) atoms. The fourth-order valence-corrected chi connectivity index (χ4v) is 2.71. The maximum absolute atomic E-state index is 11.0. The fourth-order valence-electron chi connectivity index (χ4n) is 1.83. The number of halogens is 1. The molecule has 0 aromatic heterocycles. The monoisotopic (exact) mass is 339 g/mol. The first-order valence-corrected chi connectivity index (χ1v) is 6.49. The van der Waals surface area contributed by atoms with E-state index in [0.29, 0.717) is 6.54 Å². The summed E-state index contributed by atoms with van der Waals surface area (Å²) in [6.45, 7) is 2.91. The smallest absolute Gasteiger partial charge is 0.144 e. The Morgan fingerprint density at radius 3 is 2.59 bits per heavy atom. The highest BCUT2D eigenvalue weighted by molar-refractivity contribution is 14.1. The third-order valence-corrected chi connectivity index (χ3v) is 3.24. The number of nitrogens with zero attached hydrogens (tertiary/aromatic N) is 1. The van der Waals surface area contributed by atoms with Gasteiger partial charge in [-0.1, -0.05) is 36.4 Å². The molecule has 0 aliphatic carbocycles. The van der Waals surface area contributed by atoms with Gasteiger partial charge in [-0.2, -0.15) is 0 Å². The SMILES string of the molecule is CC(=O)CN(I)Cc1ccc2ccccc2c1. The van der Waals surface area contributed by atoms with Gasteiger partial charge in [0.1, 0.15) is 5.78 Å². The second-order valence-electron chi connectivity index (χ2n) is 4.16. The van der Waals surface area contributed by atoms with Crippen molar-refractivity contribution in [2.75, 3.05) is 6.54 Å². The third kappa shape index (κ3) is 3.51. The van der Waals surface area contributed by atoms with E-state index < -0.39 is 0 Å². The van der Waals surface area contributed by atoms with Crippen LogP contribution >= 0.6 is 22.9 Å². The highest BCUT2D eigenvalue weighted by Gasteiger charge is 2.05. The van der Waals surface area contributed by atoms with Gasteiger partial charge in [0.15, 0.2) is 0 Å². The summed E-state index contributed by atoms with van der Waals surface area (Å²) in [7, 11) is 0. The number of fused-ring (bicyclic) bond motifs is 1. The van der Waals surface area contributed by atoms with E-state index in [0.717, 1.165) is 6.54 Å². The number of ketones is 1. The van der Waals surface area contributed by atoms with Crippen molar-refractivity contribution < 1.29 is 4.79 Å².